The predicted molar refractivity (Wildman–Crippen MR) is 48.6 cm³/mol. The molecule has 1 rings (SSSR count). The van der Waals surface area contributed by atoms with Gasteiger partial charge in [-0.1, -0.05) is 0 Å². The average Bonchev–Trinajstić information content (AvgIpc) is 2.07. The minimum absolute atomic E-state index is 0.0615. The summed E-state index contributed by atoms with van der Waals surface area (Å²) in [7, 11) is 0. The van der Waals surface area contributed by atoms with Crippen LogP contribution < -0.4 is 16.8 Å². The van der Waals surface area contributed by atoms with Crippen LogP contribution in [0.25, 0.3) is 0 Å². The van der Waals surface area contributed by atoms with Gasteiger partial charge in [-0.2, -0.15) is 0 Å². The van der Waals surface area contributed by atoms with Crippen molar-refractivity contribution in [2.75, 3.05) is 29.9 Å². The van der Waals surface area contributed by atoms with E-state index in [0.717, 1.165) is 0 Å². The molecule has 12 heavy (non-hydrogen) atoms. The maximum atomic E-state index is 8.51. The first-order valence-electron chi connectivity index (χ1n) is 3.59. The van der Waals surface area contributed by atoms with Crippen molar-refractivity contribution < 1.29 is 5.11 Å². The summed E-state index contributed by atoms with van der Waals surface area (Å²) in [5, 5.41) is 11.4. The maximum absolute atomic E-state index is 8.51. The zero-order valence-electron chi connectivity index (χ0n) is 6.62. The van der Waals surface area contributed by atoms with Gasteiger partial charge in [0.1, 0.15) is 5.82 Å². The van der Waals surface area contributed by atoms with Gasteiger partial charge >= 0.3 is 0 Å². The molecule has 66 valence electrons. The summed E-state index contributed by atoms with van der Waals surface area (Å²) in [6, 6.07) is 1.63. The summed E-state index contributed by atoms with van der Waals surface area (Å²) in [6.07, 6.45) is 1.48. The number of pyridine rings is 1. The minimum Gasteiger partial charge on any atom is -0.397 e. The highest BCUT2D eigenvalue weighted by Crippen LogP contribution is 2.15. The summed E-state index contributed by atoms with van der Waals surface area (Å²) < 4.78 is 0. The average molecular weight is 168 g/mol. The van der Waals surface area contributed by atoms with E-state index in [1.807, 2.05) is 0 Å². The normalized spacial score (nSPS) is 9.75. The molecule has 0 radical (unpaired) electrons. The number of anilines is 3. The lowest BCUT2D eigenvalue weighted by Gasteiger charge is -2.04. The van der Waals surface area contributed by atoms with Gasteiger partial charge in [0.25, 0.3) is 0 Å². The zero-order valence-corrected chi connectivity index (χ0v) is 6.62. The highest BCUT2D eigenvalue weighted by Gasteiger charge is 1.96. The Labute approximate surface area is 70.4 Å². The molecule has 1 heterocycles. The molecule has 1 aromatic rings. The van der Waals surface area contributed by atoms with Crippen LogP contribution in [0.4, 0.5) is 17.2 Å². The van der Waals surface area contributed by atoms with Crippen LogP contribution in [0.3, 0.4) is 0 Å². The van der Waals surface area contributed by atoms with Crippen molar-refractivity contribution in [3.05, 3.63) is 12.3 Å². The zero-order chi connectivity index (χ0) is 8.97. The van der Waals surface area contributed by atoms with E-state index >= 15 is 0 Å². The Kier molecular flexibility index (Phi) is 2.71. The molecule has 0 bridgehead atoms. The molecule has 0 unspecified atom stereocenters. The Bertz CT molecular complexity index is 264. The molecule has 0 aliphatic carbocycles. The fourth-order valence-electron chi connectivity index (χ4n) is 0.762. The van der Waals surface area contributed by atoms with Gasteiger partial charge in [-0.15, -0.1) is 0 Å². The van der Waals surface area contributed by atoms with E-state index in [4.69, 9.17) is 16.6 Å². The maximum Gasteiger partial charge on any atom is 0.128 e. The molecule has 0 aliphatic heterocycles. The summed E-state index contributed by atoms with van der Waals surface area (Å²) in [6.45, 7) is 0.516. The van der Waals surface area contributed by atoms with Gasteiger partial charge in [0.2, 0.25) is 0 Å². The number of nitrogens with one attached hydrogen (secondary N) is 1. The minimum atomic E-state index is 0.0615. The van der Waals surface area contributed by atoms with Crippen LogP contribution in [0, 0.1) is 0 Å². The third-order valence-corrected chi connectivity index (χ3v) is 1.39. The molecule has 0 fully saturated rings. The van der Waals surface area contributed by atoms with Crippen LogP contribution in [0.5, 0.6) is 0 Å². The summed E-state index contributed by atoms with van der Waals surface area (Å²) in [5.74, 6) is 0.621. The Morgan fingerprint density at radius 1 is 1.42 bits per heavy atom. The number of nitrogen functional groups attached to an aromatic ring is 2. The van der Waals surface area contributed by atoms with Crippen LogP contribution in [0.2, 0.25) is 0 Å². The second-order valence-corrected chi connectivity index (χ2v) is 2.35. The van der Waals surface area contributed by atoms with Crippen molar-refractivity contribution in [2.45, 2.75) is 0 Å². The molecule has 5 heteroatoms. The highest BCUT2D eigenvalue weighted by molar-refractivity contribution is 5.65. The van der Waals surface area contributed by atoms with Gasteiger partial charge < -0.3 is 21.9 Å². The smallest absolute Gasteiger partial charge is 0.128 e. The fraction of sp³-hybridized carbons (Fsp3) is 0.286. The monoisotopic (exact) mass is 168 g/mol. The van der Waals surface area contributed by atoms with Crippen molar-refractivity contribution in [1.82, 2.24) is 4.98 Å². The number of aromatic nitrogens is 1. The second-order valence-electron chi connectivity index (χ2n) is 2.35. The number of nitrogens with zero attached hydrogens (tertiary/aromatic N) is 1. The first-order valence-corrected chi connectivity index (χ1v) is 3.59. The van der Waals surface area contributed by atoms with E-state index < -0.39 is 0 Å². The van der Waals surface area contributed by atoms with Crippen LogP contribution in [0.1, 0.15) is 0 Å². The molecule has 0 aromatic carbocycles. The molecule has 0 aliphatic rings. The van der Waals surface area contributed by atoms with Gasteiger partial charge in [0.05, 0.1) is 24.2 Å². The van der Waals surface area contributed by atoms with Gasteiger partial charge in [-0.3, -0.25) is 0 Å². The van der Waals surface area contributed by atoms with E-state index in [-0.39, 0.29) is 6.61 Å². The van der Waals surface area contributed by atoms with Gasteiger partial charge in [-0.05, 0) is 0 Å². The molecule has 5 nitrogen and oxygen atoms in total. The van der Waals surface area contributed by atoms with E-state index in [9.17, 15) is 0 Å². The molecule has 0 spiro atoms. The number of rotatable bonds is 3. The van der Waals surface area contributed by atoms with Crippen LogP contribution in [0.15, 0.2) is 12.3 Å². The third kappa shape index (κ3) is 2.00. The van der Waals surface area contributed by atoms with Crippen LogP contribution in [-0.4, -0.2) is 23.2 Å². The number of aliphatic hydroxyl groups is 1. The second kappa shape index (κ2) is 3.77. The molecule has 6 N–H and O–H groups in total. The molecule has 1 aromatic heterocycles. The third-order valence-electron chi connectivity index (χ3n) is 1.39. The SMILES string of the molecule is Nc1cnc(NCCO)cc1N. The summed E-state index contributed by atoms with van der Waals surface area (Å²) in [4.78, 5) is 3.95. The molecule has 0 saturated carbocycles. The Morgan fingerprint density at radius 2 is 2.17 bits per heavy atom. The van der Waals surface area contributed by atoms with Gasteiger partial charge in [-0.25, -0.2) is 4.98 Å². The first kappa shape index (κ1) is 8.61. The first-order chi connectivity index (χ1) is 5.74. The van der Waals surface area contributed by atoms with Gasteiger partial charge in [0.15, 0.2) is 0 Å². The Balaban J connectivity index is 2.69. The number of hydrogen-bond acceptors (Lipinski definition) is 5. The van der Waals surface area contributed by atoms with Crippen molar-refractivity contribution in [2.24, 2.45) is 0 Å². The number of nitrogens with two attached hydrogens (primary N) is 2. The largest absolute Gasteiger partial charge is 0.397 e. The van der Waals surface area contributed by atoms with Crippen molar-refractivity contribution >= 4 is 17.2 Å². The highest BCUT2D eigenvalue weighted by atomic mass is 16.3. The molecule has 0 atom stereocenters. The molecular weight excluding hydrogens is 156 g/mol. The van der Waals surface area contributed by atoms with E-state index in [1.54, 1.807) is 6.07 Å². The van der Waals surface area contributed by atoms with Crippen molar-refractivity contribution in [3.63, 3.8) is 0 Å². The van der Waals surface area contributed by atoms with E-state index in [1.165, 1.54) is 6.20 Å². The topological polar surface area (TPSA) is 97.2 Å². The molecule has 0 amide bonds. The Hall–Kier alpha value is -1.49. The van der Waals surface area contributed by atoms with E-state index in [2.05, 4.69) is 10.3 Å². The standard InChI is InChI=1S/C7H12N4O/c8-5-3-7(10-1-2-12)11-4-6(5)9/h3-4,12H,1-2,9H2,(H3,8,10,11). The molecular formula is C7H12N4O. The molecule has 0 saturated heterocycles. The van der Waals surface area contributed by atoms with Crippen molar-refractivity contribution in [3.8, 4) is 0 Å². The van der Waals surface area contributed by atoms with E-state index in [0.29, 0.717) is 23.7 Å². The lowest BCUT2D eigenvalue weighted by atomic mass is 10.3. The van der Waals surface area contributed by atoms with Gasteiger partial charge in [0, 0.05) is 12.6 Å². The van der Waals surface area contributed by atoms with Crippen LogP contribution in [-0.2, 0) is 0 Å². The fourth-order valence-corrected chi connectivity index (χ4v) is 0.762. The van der Waals surface area contributed by atoms with Crippen LogP contribution >= 0.6 is 0 Å². The lowest BCUT2D eigenvalue weighted by molar-refractivity contribution is 0.311. The predicted octanol–water partition coefficient (Wildman–Crippen LogP) is -0.350. The number of hydrogen-bond donors (Lipinski definition) is 4. The number of aliphatic hydroxyl groups excluding tert-OH is 1. The van der Waals surface area contributed by atoms with Crippen molar-refractivity contribution in [1.29, 1.82) is 0 Å². The quantitative estimate of drug-likeness (QED) is 0.494. The lowest BCUT2D eigenvalue weighted by Crippen LogP contribution is -2.07. The Morgan fingerprint density at radius 3 is 2.75 bits per heavy atom. The summed E-state index contributed by atoms with van der Waals surface area (Å²) >= 11 is 0. The summed E-state index contributed by atoms with van der Waals surface area (Å²) in [5.41, 5.74) is 11.9.